The van der Waals surface area contributed by atoms with E-state index in [0.29, 0.717) is 11.1 Å². The van der Waals surface area contributed by atoms with E-state index in [-0.39, 0.29) is 11.9 Å². The molecular weight excluding hydrogens is 294 g/mol. The van der Waals surface area contributed by atoms with Gasteiger partial charge < -0.3 is 13.6 Å². The molecule has 7 nitrogen and oxygen atoms in total. The van der Waals surface area contributed by atoms with Crippen LogP contribution in [-0.2, 0) is 24.3 Å². The fourth-order valence-electron chi connectivity index (χ4n) is 1.53. The van der Waals surface area contributed by atoms with Gasteiger partial charge in [-0.2, -0.15) is 0 Å². The van der Waals surface area contributed by atoms with Crippen LogP contribution in [0.15, 0.2) is 18.2 Å². The van der Waals surface area contributed by atoms with E-state index >= 15 is 0 Å². The number of aryl methyl sites for hydroxylation is 1. The van der Waals surface area contributed by atoms with Crippen LogP contribution in [0, 0.1) is 6.92 Å². The number of hydrogen-bond donors (Lipinski definition) is 2. The van der Waals surface area contributed by atoms with E-state index in [1.807, 2.05) is 0 Å². The van der Waals surface area contributed by atoms with Crippen molar-refractivity contribution in [3.8, 4) is 5.75 Å². The van der Waals surface area contributed by atoms with Gasteiger partial charge in [-0.1, -0.05) is 6.07 Å². The van der Waals surface area contributed by atoms with Crippen molar-refractivity contribution in [2.45, 2.75) is 13.1 Å². The van der Waals surface area contributed by atoms with Gasteiger partial charge in [0.2, 0.25) is 0 Å². The Bertz CT molecular complexity index is 529. The van der Waals surface area contributed by atoms with Crippen molar-refractivity contribution in [2.24, 2.45) is 0 Å². The summed E-state index contributed by atoms with van der Waals surface area (Å²) in [6.07, 6.45) is -0.0147. The third kappa shape index (κ3) is 5.45. The van der Waals surface area contributed by atoms with Crippen LogP contribution in [0.5, 0.6) is 5.75 Å². The first-order chi connectivity index (χ1) is 8.67. The molecule has 9 heteroatoms. The molecule has 2 N–H and O–H groups in total. The summed E-state index contributed by atoms with van der Waals surface area (Å²) in [5.74, 6) is 0.00193. The fourth-order valence-corrected chi connectivity index (χ4v) is 2.95. The van der Waals surface area contributed by atoms with Crippen LogP contribution in [0.1, 0.15) is 11.1 Å². The van der Waals surface area contributed by atoms with Gasteiger partial charge in [0.1, 0.15) is 5.75 Å². The van der Waals surface area contributed by atoms with E-state index in [4.69, 9.17) is 18.8 Å². The van der Waals surface area contributed by atoms with Gasteiger partial charge in [0, 0.05) is 14.2 Å². The molecule has 1 aromatic rings. The molecule has 1 rings (SSSR count). The normalized spacial score (nSPS) is 12.5. The Hall–Kier alpha value is -0.680. The zero-order valence-corrected chi connectivity index (χ0v) is 12.6. The van der Waals surface area contributed by atoms with Crippen molar-refractivity contribution in [1.82, 2.24) is 0 Å². The summed E-state index contributed by atoms with van der Waals surface area (Å²) in [6, 6.07) is 4.56. The minimum atomic E-state index is -4.62. The Morgan fingerprint density at radius 1 is 1.11 bits per heavy atom. The monoisotopic (exact) mass is 310 g/mol. The zero-order chi connectivity index (χ0) is 14.7. The second kappa shape index (κ2) is 6.18. The molecule has 0 aromatic heterocycles. The van der Waals surface area contributed by atoms with Crippen molar-refractivity contribution >= 4 is 15.4 Å². The number of benzene rings is 1. The van der Waals surface area contributed by atoms with Gasteiger partial charge >= 0.3 is 15.4 Å². The van der Waals surface area contributed by atoms with Crippen molar-refractivity contribution in [3.05, 3.63) is 29.3 Å². The first-order valence-corrected chi connectivity index (χ1v) is 8.49. The lowest BCUT2D eigenvalue weighted by Gasteiger charge is -2.15. The predicted octanol–water partition coefficient (Wildman–Crippen LogP) is 2.45. The Labute approximate surface area is 111 Å². The van der Waals surface area contributed by atoms with Crippen molar-refractivity contribution in [3.63, 3.8) is 0 Å². The molecule has 0 radical (unpaired) electrons. The third-order valence-corrected chi connectivity index (χ3v) is 4.58. The summed E-state index contributed by atoms with van der Waals surface area (Å²) < 4.78 is 36.9. The van der Waals surface area contributed by atoms with Crippen LogP contribution < -0.4 is 4.52 Å². The van der Waals surface area contributed by atoms with E-state index in [1.165, 1.54) is 26.4 Å². The summed E-state index contributed by atoms with van der Waals surface area (Å²) in [5.41, 5.74) is 1.25. The van der Waals surface area contributed by atoms with Crippen molar-refractivity contribution in [1.29, 1.82) is 0 Å². The minimum absolute atomic E-state index is 0.00193. The maximum Gasteiger partial charge on any atom is 0.524 e. The smallest absolute Gasteiger partial charge is 0.404 e. The fraction of sp³-hybridized carbons (Fsp3) is 0.400. The standard InChI is InChI=1S/C10H16O7P2/c1-8-4-9(7-18(11,15-2)16-3)6-10(5-8)17-19(12,13)14/h4-6H,7H2,1-3H3,(H2,12,13,14). The SMILES string of the molecule is COP(=O)(Cc1cc(C)cc(OP(=O)(O)O)c1)OC. The summed E-state index contributed by atoms with van der Waals surface area (Å²) in [6.45, 7) is 1.72. The molecule has 0 aliphatic rings. The van der Waals surface area contributed by atoms with Crippen LogP contribution >= 0.6 is 15.4 Å². The molecule has 108 valence electrons. The molecule has 0 aliphatic heterocycles. The molecule has 0 aliphatic carbocycles. The number of phosphoric acid groups is 1. The van der Waals surface area contributed by atoms with Gasteiger partial charge in [-0.15, -0.1) is 0 Å². The molecule has 0 heterocycles. The summed E-state index contributed by atoms with van der Waals surface area (Å²) in [5, 5.41) is 0. The average molecular weight is 310 g/mol. The molecule has 0 saturated heterocycles. The van der Waals surface area contributed by atoms with Crippen molar-refractivity contribution in [2.75, 3.05) is 14.2 Å². The molecule has 0 unspecified atom stereocenters. The van der Waals surface area contributed by atoms with Gasteiger partial charge in [0.25, 0.3) is 0 Å². The second-order valence-electron chi connectivity index (χ2n) is 3.87. The molecule has 0 atom stereocenters. The number of rotatable bonds is 6. The molecule has 1 aromatic carbocycles. The van der Waals surface area contributed by atoms with Crippen LogP contribution in [-0.4, -0.2) is 24.0 Å². The van der Waals surface area contributed by atoms with Crippen molar-refractivity contribution < 1.29 is 32.5 Å². The van der Waals surface area contributed by atoms with E-state index in [0.717, 1.165) is 0 Å². The van der Waals surface area contributed by atoms with Gasteiger partial charge in [-0.05, 0) is 30.2 Å². The van der Waals surface area contributed by atoms with Crippen LogP contribution in [0.25, 0.3) is 0 Å². The Kier molecular flexibility index (Phi) is 5.33. The molecular formula is C10H16O7P2. The van der Waals surface area contributed by atoms with Gasteiger partial charge in [-0.3, -0.25) is 14.4 Å². The molecule has 0 fully saturated rings. The highest BCUT2D eigenvalue weighted by Gasteiger charge is 2.23. The highest BCUT2D eigenvalue weighted by molar-refractivity contribution is 7.52. The maximum atomic E-state index is 12.0. The highest BCUT2D eigenvalue weighted by atomic mass is 31.2. The maximum absolute atomic E-state index is 12.0. The lowest BCUT2D eigenvalue weighted by atomic mass is 10.1. The number of phosphoric ester groups is 1. The first kappa shape index (κ1) is 16.4. The van der Waals surface area contributed by atoms with Gasteiger partial charge in [-0.25, -0.2) is 4.57 Å². The molecule has 0 bridgehead atoms. The highest BCUT2D eigenvalue weighted by Crippen LogP contribution is 2.50. The number of hydrogen-bond acceptors (Lipinski definition) is 5. The summed E-state index contributed by atoms with van der Waals surface area (Å²) in [7, 11) is -5.33. The Morgan fingerprint density at radius 2 is 1.68 bits per heavy atom. The van der Waals surface area contributed by atoms with Gasteiger partial charge in [0.15, 0.2) is 0 Å². The summed E-state index contributed by atoms with van der Waals surface area (Å²) in [4.78, 5) is 17.5. The average Bonchev–Trinajstić information content (AvgIpc) is 2.25. The quantitative estimate of drug-likeness (QED) is 0.778. The molecule has 19 heavy (non-hydrogen) atoms. The lowest BCUT2D eigenvalue weighted by molar-refractivity contribution is 0.275. The Morgan fingerprint density at radius 3 is 2.16 bits per heavy atom. The molecule has 0 amide bonds. The topological polar surface area (TPSA) is 102 Å². The lowest BCUT2D eigenvalue weighted by Crippen LogP contribution is -1.96. The second-order valence-corrected chi connectivity index (χ2v) is 7.30. The van der Waals surface area contributed by atoms with Crippen LogP contribution in [0.3, 0.4) is 0 Å². The molecule has 0 saturated carbocycles. The zero-order valence-electron chi connectivity index (χ0n) is 10.8. The predicted molar refractivity (Wildman–Crippen MR) is 69.2 cm³/mol. The summed E-state index contributed by atoms with van der Waals surface area (Å²) >= 11 is 0. The minimum Gasteiger partial charge on any atom is -0.404 e. The van der Waals surface area contributed by atoms with Gasteiger partial charge in [0.05, 0.1) is 6.16 Å². The first-order valence-electron chi connectivity index (χ1n) is 5.24. The molecule has 0 spiro atoms. The van der Waals surface area contributed by atoms with E-state index in [2.05, 4.69) is 4.52 Å². The van der Waals surface area contributed by atoms with Crippen LogP contribution in [0.2, 0.25) is 0 Å². The van der Waals surface area contributed by atoms with E-state index < -0.39 is 15.4 Å². The van der Waals surface area contributed by atoms with E-state index in [9.17, 15) is 9.13 Å². The van der Waals surface area contributed by atoms with Crippen LogP contribution in [0.4, 0.5) is 0 Å². The third-order valence-electron chi connectivity index (χ3n) is 2.27. The van der Waals surface area contributed by atoms with E-state index in [1.54, 1.807) is 13.0 Å². The Balaban J connectivity index is 3.03. The largest absolute Gasteiger partial charge is 0.524 e.